The van der Waals surface area contributed by atoms with Crippen molar-refractivity contribution in [2.75, 3.05) is 13.2 Å². The second-order valence-electron chi connectivity index (χ2n) is 6.68. The predicted molar refractivity (Wildman–Crippen MR) is 103 cm³/mol. The van der Waals surface area contributed by atoms with Gasteiger partial charge in [0.05, 0.1) is 11.0 Å². The highest BCUT2D eigenvalue weighted by Crippen LogP contribution is 2.14. The molecule has 1 atom stereocenters. The Morgan fingerprint density at radius 3 is 2.44 bits per heavy atom. The SMILES string of the molecule is Cc1ccc(CNC(=O)c2ccc(S(=O)(=O)NC[C@@H]3CCCO3)cc2)cc1. The van der Waals surface area contributed by atoms with Crippen LogP contribution in [0.5, 0.6) is 0 Å². The molecular formula is C20H24N2O4S. The van der Waals surface area contributed by atoms with E-state index in [-0.39, 0.29) is 23.5 Å². The molecular weight excluding hydrogens is 364 g/mol. The summed E-state index contributed by atoms with van der Waals surface area (Å²) in [5, 5.41) is 2.83. The zero-order valence-electron chi connectivity index (χ0n) is 15.3. The average Bonchev–Trinajstić information content (AvgIpc) is 3.20. The molecule has 2 aromatic carbocycles. The number of hydrogen-bond acceptors (Lipinski definition) is 4. The Labute approximate surface area is 160 Å². The molecule has 1 aliphatic rings. The quantitative estimate of drug-likeness (QED) is 0.763. The summed E-state index contributed by atoms with van der Waals surface area (Å²) < 4.78 is 32.7. The van der Waals surface area contributed by atoms with Crippen molar-refractivity contribution >= 4 is 15.9 Å². The molecule has 1 aliphatic heterocycles. The van der Waals surface area contributed by atoms with Crippen LogP contribution in [0.2, 0.25) is 0 Å². The van der Waals surface area contributed by atoms with E-state index in [1.807, 2.05) is 31.2 Å². The largest absolute Gasteiger partial charge is 0.377 e. The number of ether oxygens (including phenoxy) is 1. The summed E-state index contributed by atoms with van der Waals surface area (Å²) in [5.41, 5.74) is 2.58. The van der Waals surface area contributed by atoms with E-state index < -0.39 is 10.0 Å². The van der Waals surface area contributed by atoms with E-state index in [2.05, 4.69) is 10.0 Å². The lowest BCUT2D eigenvalue weighted by atomic mass is 10.1. The molecule has 3 rings (SSSR count). The van der Waals surface area contributed by atoms with E-state index in [9.17, 15) is 13.2 Å². The smallest absolute Gasteiger partial charge is 0.251 e. The van der Waals surface area contributed by atoms with Crippen LogP contribution >= 0.6 is 0 Å². The lowest BCUT2D eigenvalue weighted by Gasteiger charge is -2.12. The highest BCUT2D eigenvalue weighted by Gasteiger charge is 2.20. The van der Waals surface area contributed by atoms with Gasteiger partial charge >= 0.3 is 0 Å². The van der Waals surface area contributed by atoms with Crippen LogP contribution in [0.1, 0.15) is 34.3 Å². The molecule has 0 spiro atoms. The van der Waals surface area contributed by atoms with Gasteiger partial charge in [-0.3, -0.25) is 4.79 Å². The maximum atomic E-state index is 12.3. The minimum absolute atomic E-state index is 0.0633. The van der Waals surface area contributed by atoms with Crippen molar-refractivity contribution in [1.82, 2.24) is 10.0 Å². The molecule has 1 fully saturated rings. The summed E-state index contributed by atoms with van der Waals surface area (Å²) in [6.07, 6.45) is 1.76. The number of nitrogens with one attached hydrogen (secondary N) is 2. The van der Waals surface area contributed by atoms with Gasteiger partial charge in [-0.2, -0.15) is 0 Å². The molecule has 2 N–H and O–H groups in total. The second-order valence-corrected chi connectivity index (χ2v) is 8.45. The van der Waals surface area contributed by atoms with Crippen LogP contribution in [0.25, 0.3) is 0 Å². The third-order valence-electron chi connectivity index (χ3n) is 4.53. The summed E-state index contributed by atoms with van der Waals surface area (Å²) in [6.45, 7) is 3.37. The number of carbonyl (C=O) groups is 1. The third kappa shape index (κ3) is 5.38. The van der Waals surface area contributed by atoms with E-state index in [0.717, 1.165) is 24.0 Å². The lowest BCUT2D eigenvalue weighted by molar-refractivity contribution is 0.0951. The zero-order valence-corrected chi connectivity index (χ0v) is 16.1. The third-order valence-corrected chi connectivity index (χ3v) is 5.96. The number of hydrogen-bond donors (Lipinski definition) is 2. The molecule has 0 aliphatic carbocycles. The minimum atomic E-state index is -3.61. The predicted octanol–water partition coefficient (Wildman–Crippen LogP) is 2.38. The van der Waals surface area contributed by atoms with Crippen LogP contribution in [0, 0.1) is 6.92 Å². The van der Waals surface area contributed by atoms with Crippen LogP contribution in [0.4, 0.5) is 0 Å². The van der Waals surface area contributed by atoms with Crippen molar-refractivity contribution in [3.63, 3.8) is 0 Å². The lowest BCUT2D eigenvalue weighted by Crippen LogP contribution is -2.31. The summed E-state index contributed by atoms with van der Waals surface area (Å²) in [6, 6.07) is 13.8. The monoisotopic (exact) mass is 388 g/mol. The molecule has 7 heteroatoms. The summed E-state index contributed by atoms with van der Waals surface area (Å²) in [5.74, 6) is -0.244. The number of sulfonamides is 1. The van der Waals surface area contributed by atoms with Gasteiger partial charge in [0.1, 0.15) is 0 Å². The Bertz CT molecular complexity index is 871. The van der Waals surface area contributed by atoms with Gasteiger partial charge in [-0.15, -0.1) is 0 Å². The van der Waals surface area contributed by atoms with Crippen molar-refractivity contribution in [1.29, 1.82) is 0 Å². The molecule has 27 heavy (non-hydrogen) atoms. The van der Waals surface area contributed by atoms with Crippen LogP contribution in [0.3, 0.4) is 0 Å². The van der Waals surface area contributed by atoms with E-state index in [1.165, 1.54) is 24.3 Å². The van der Waals surface area contributed by atoms with Crippen LogP contribution in [-0.4, -0.2) is 33.6 Å². The first-order valence-corrected chi connectivity index (χ1v) is 10.5. The van der Waals surface area contributed by atoms with Gasteiger partial charge in [0.25, 0.3) is 5.91 Å². The fourth-order valence-electron chi connectivity index (χ4n) is 2.87. The summed E-state index contributed by atoms with van der Waals surface area (Å²) in [4.78, 5) is 12.4. The Hall–Kier alpha value is -2.22. The molecule has 6 nitrogen and oxygen atoms in total. The first-order valence-electron chi connectivity index (χ1n) is 8.99. The normalized spacial score (nSPS) is 17.0. The van der Waals surface area contributed by atoms with E-state index in [4.69, 9.17) is 4.74 Å². The molecule has 2 aromatic rings. The Kier molecular flexibility index (Phi) is 6.26. The summed E-state index contributed by atoms with van der Waals surface area (Å²) >= 11 is 0. The first-order chi connectivity index (χ1) is 12.9. The highest BCUT2D eigenvalue weighted by atomic mass is 32.2. The van der Waals surface area contributed by atoms with Crippen molar-refractivity contribution in [3.05, 3.63) is 65.2 Å². The average molecular weight is 388 g/mol. The Morgan fingerprint density at radius 2 is 1.81 bits per heavy atom. The van der Waals surface area contributed by atoms with Gasteiger partial charge in [0.2, 0.25) is 10.0 Å². The number of amides is 1. The zero-order chi connectivity index (χ0) is 19.3. The van der Waals surface area contributed by atoms with Crippen molar-refractivity contribution in [2.45, 2.75) is 37.3 Å². The topological polar surface area (TPSA) is 84.5 Å². The fraction of sp³-hybridized carbons (Fsp3) is 0.350. The van der Waals surface area contributed by atoms with Gasteiger partial charge in [-0.05, 0) is 49.6 Å². The molecule has 0 unspecified atom stereocenters. The van der Waals surface area contributed by atoms with Gasteiger partial charge < -0.3 is 10.1 Å². The second kappa shape index (κ2) is 8.65. The molecule has 0 aromatic heterocycles. The molecule has 1 saturated heterocycles. The Morgan fingerprint density at radius 1 is 1.11 bits per heavy atom. The molecule has 0 saturated carbocycles. The van der Waals surface area contributed by atoms with Crippen LogP contribution in [0.15, 0.2) is 53.4 Å². The van der Waals surface area contributed by atoms with Crippen LogP contribution in [-0.2, 0) is 21.3 Å². The van der Waals surface area contributed by atoms with Crippen LogP contribution < -0.4 is 10.0 Å². The van der Waals surface area contributed by atoms with Gasteiger partial charge in [0, 0.05) is 25.3 Å². The number of carbonyl (C=O) groups excluding carboxylic acids is 1. The molecule has 0 radical (unpaired) electrons. The number of rotatable bonds is 7. The minimum Gasteiger partial charge on any atom is -0.377 e. The molecule has 0 bridgehead atoms. The highest BCUT2D eigenvalue weighted by molar-refractivity contribution is 7.89. The molecule has 1 amide bonds. The fourth-order valence-corrected chi connectivity index (χ4v) is 3.93. The van der Waals surface area contributed by atoms with Gasteiger partial charge in [-0.25, -0.2) is 13.1 Å². The van der Waals surface area contributed by atoms with E-state index in [0.29, 0.717) is 18.7 Å². The van der Waals surface area contributed by atoms with Crippen molar-refractivity contribution in [3.8, 4) is 0 Å². The van der Waals surface area contributed by atoms with E-state index in [1.54, 1.807) is 0 Å². The van der Waals surface area contributed by atoms with Gasteiger partial charge in [-0.1, -0.05) is 29.8 Å². The van der Waals surface area contributed by atoms with E-state index >= 15 is 0 Å². The maximum absolute atomic E-state index is 12.3. The molecule has 144 valence electrons. The molecule has 1 heterocycles. The number of aryl methyl sites for hydroxylation is 1. The first kappa shape index (κ1) is 19.5. The van der Waals surface area contributed by atoms with Gasteiger partial charge in [0.15, 0.2) is 0 Å². The van der Waals surface area contributed by atoms with Crippen molar-refractivity contribution in [2.24, 2.45) is 0 Å². The summed E-state index contributed by atoms with van der Waals surface area (Å²) in [7, 11) is -3.61. The maximum Gasteiger partial charge on any atom is 0.251 e. The standard InChI is InChI=1S/C20H24N2O4S/c1-15-4-6-16(7-5-15)13-21-20(23)17-8-10-19(11-9-17)27(24,25)22-14-18-3-2-12-26-18/h4-11,18,22H,2-3,12-14H2,1H3,(H,21,23)/t18-/m0/s1. The van der Waals surface area contributed by atoms with Crippen molar-refractivity contribution < 1.29 is 17.9 Å². The Balaban J connectivity index is 1.56. The number of benzene rings is 2.